The molecule has 0 atom stereocenters. The van der Waals surface area contributed by atoms with E-state index in [1.54, 1.807) is 24.3 Å². The topological polar surface area (TPSA) is 123 Å². The van der Waals surface area contributed by atoms with Gasteiger partial charge in [-0.15, -0.1) is 11.8 Å². The minimum atomic E-state index is -0.407. The van der Waals surface area contributed by atoms with Crippen LogP contribution in [0.3, 0.4) is 0 Å². The highest BCUT2D eigenvalue weighted by atomic mass is 79.9. The Morgan fingerprint density at radius 3 is 1.58 bits per heavy atom. The van der Waals surface area contributed by atoms with Gasteiger partial charge in [-0.2, -0.15) is 10.2 Å². The van der Waals surface area contributed by atoms with Crippen LogP contribution in [-0.2, 0) is 9.59 Å². The molecule has 8 nitrogen and oxygen atoms in total. The fraction of sp³-hybridized carbons (Fsp3) is 0.111. The van der Waals surface area contributed by atoms with Crippen LogP contribution in [0.1, 0.15) is 11.1 Å². The molecule has 0 aliphatic heterocycles. The molecule has 0 spiro atoms. The molecule has 0 aromatic heterocycles. The molecule has 4 N–H and O–H groups in total. The summed E-state index contributed by atoms with van der Waals surface area (Å²) in [7, 11) is 0. The lowest BCUT2D eigenvalue weighted by Gasteiger charge is -2.04. The lowest BCUT2D eigenvalue weighted by molar-refractivity contribution is -0.118. The Hall–Kier alpha value is -1.41. The summed E-state index contributed by atoms with van der Waals surface area (Å²) < 4.78 is 2.44. The van der Waals surface area contributed by atoms with Gasteiger partial charge in [0, 0.05) is 20.1 Å². The van der Waals surface area contributed by atoms with E-state index in [9.17, 15) is 19.8 Å². The zero-order valence-corrected chi connectivity index (χ0v) is 22.6. The predicted octanol–water partition coefficient (Wildman–Crippen LogP) is 4.48. The van der Waals surface area contributed by atoms with Gasteiger partial charge in [0.25, 0.3) is 0 Å². The van der Waals surface area contributed by atoms with Crippen LogP contribution >= 0.6 is 75.5 Å². The van der Waals surface area contributed by atoms with Crippen LogP contribution in [0.4, 0.5) is 0 Å². The van der Waals surface area contributed by atoms with Gasteiger partial charge in [0.1, 0.15) is 11.5 Å². The SMILES string of the molecule is O=C(CSCC(=O)N/N=C\c1cc(Br)cc(Br)c1O)N/N=C\c1cc(Br)cc(Br)c1O. The van der Waals surface area contributed by atoms with Crippen molar-refractivity contribution < 1.29 is 19.8 Å². The number of halogens is 4. The normalized spacial score (nSPS) is 11.2. The van der Waals surface area contributed by atoms with Crippen molar-refractivity contribution in [3.8, 4) is 11.5 Å². The Balaban J connectivity index is 1.74. The van der Waals surface area contributed by atoms with Crippen molar-refractivity contribution in [2.24, 2.45) is 10.2 Å². The first-order valence-electron chi connectivity index (χ1n) is 8.25. The molecular weight excluding hydrogens is 688 g/mol. The van der Waals surface area contributed by atoms with Crippen molar-refractivity contribution in [3.05, 3.63) is 53.3 Å². The Kier molecular flexibility index (Phi) is 10.5. The molecule has 31 heavy (non-hydrogen) atoms. The number of hydrazone groups is 2. The van der Waals surface area contributed by atoms with Crippen LogP contribution < -0.4 is 10.9 Å². The van der Waals surface area contributed by atoms with Crippen molar-refractivity contribution >= 4 is 99.7 Å². The van der Waals surface area contributed by atoms with Crippen LogP contribution in [-0.4, -0.2) is 46.0 Å². The molecule has 13 heteroatoms. The highest BCUT2D eigenvalue weighted by Crippen LogP contribution is 2.31. The first-order chi connectivity index (χ1) is 14.7. The molecule has 0 aliphatic rings. The number of hydrogen-bond acceptors (Lipinski definition) is 7. The van der Waals surface area contributed by atoms with Gasteiger partial charge in [0.05, 0.1) is 32.9 Å². The molecule has 0 unspecified atom stereocenters. The number of aromatic hydroxyl groups is 2. The minimum absolute atomic E-state index is 0.00199. The van der Waals surface area contributed by atoms with E-state index >= 15 is 0 Å². The summed E-state index contributed by atoms with van der Waals surface area (Å²) in [5.74, 6) is -0.818. The van der Waals surface area contributed by atoms with E-state index in [0.29, 0.717) is 20.1 Å². The summed E-state index contributed by atoms with van der Waals surface area (Å²) in [5.41, 5.74) is 5.47. The lowest BCUT2D eigenvalue weighted by atomic mass is 10.2. The number of phenols is 2. The van der Waals surface area contributed by atoms with E-state index in [1.807, 2.05) is 0 Å². The molecule has 0 radical (unpaired) electrons. The Morgan fingerprint density at radius 1 is 0.806 bits per heavy atom. The first kappa shape index (κ1) is 25.8. The van der Waals surface area contributed by atoms with Crippen LogP contribution in [0.15, 0.2) is 52.4 Å². The molecule has 2 aromatic rings. The second kappa shape index (κ2) is 12.6. The van der Waals surface area contributed by atoms with E-state index in [2.05, 4.69) is 84.8 Å². The highest BCUT2D eigenvalue weighted by molar-refractivity contribution is 9.11. The number of thioether (sulfide) groups is 1. The molecule has 0 saturated heterocycles. The fourth-order valence-electron chi connectivity index (χ4n) is 2.02. The molecule has 0 bridgehead atoms. The number of benzene rings is 2. The van der Waals surface area contributed by atoms with Crippen LogP contribution in [0.25, 0.3) is 0 Å². The third-order valence-corrected chi connectivity index (χ3v) is 6.42. The molecule has 0 saturated carbocycles. The van der Waals surface area contributed by atoms with Crippen molar-refractivity contribution in [2.45, 2.75) is 0 Å². The van der Waals surface area contributed by atoms with E-state index in [4.69, 9.17) is 0 Å². The lowest BCUT2D eigenvalue weighted by Crippen LogP contribution is -2.23. The summed E-state index contributed by atoms with van der Waals surface area (Å²) in [5, 5.41) is 27.4. The zero-order chi connectivity index (χ0) is 23.0. The number of amides is 2. The second-order valence-electron chi connectivity index (χ2n) is 5.73. The maximum Gasteiger partial charge on any atom is 0.250 e. The average molecular weight is 702 g/mol. The fourth-order valence-corrected chi connectivity index (χ4v) is 5.14. The minimum Gasteiger partial charge on any atom is -0.506 e. The van der Waals surface area contributed by atoms with Crippen molar-refractivity contribution in [3.63, 3.8) is 0 Å². The standard InChI is InChI=1S/C18H14Br4N4O4S/c19-11-1-9(17(29)13(21)3-11)5-23-25-15(27)7-31-8-16(28)26-24-6-10-2-12(20)4-14(22)18(10)30/h1-6,29-30H,7-8H2,(H,25,27)(H,26,28)/b23-5-,24-6-. The van der Waals surface area contributed by atoms with E-state index < -0.39 is 11.8 Å². The van der Waals surface area contributed by atoms with Crippen LogP contribution in [0.2, 0.25) is 0 Å². The smallest absolute Gasteiger partial charge is 0.250 e. The molecular formula is C18H14Br4N4O4S. The Bertz CT molecular complexity index is 968. The number of carbonyl (C=O) groups is 2. The number of rotatable bonds is 8. The van der Waals surface area contributed by atoms with E-state index in [0.717, 1.165) is 20.7 Å². The van der Waals surface area contributed by atoms with Gasteiger partial charge in [-0.1, -0.05) is 31.9 Å². The third-order valence-electron chi connectivity index (χ3n) is 3.37. The van der Waals surface area contributed by atoms with E-state index in [-0.39, 0.29) is 23.0 Å². The Morgan fingerprint density at radius 2 is 1.19 bits per heavy atom. The largest absolute Gasteiger partial charge is 0.506 e. The summed E-state index contributed by atoms with van der Waals surface area (Å²) in [6.45, 7) is 0. The number of nitrogens with one attached hydrogen (secondary N) is 2. The summed E-state index contributed by atoms with van der Waals surface area (Å²) in [4.78, 5) is 23.6. The molecule has 0 aliphatic carbocycles. The van der Waals surface area contributed by atoms with Crippen LogP contribution in [0, 0.1) is 0 Å². The number of hydrogen-bond donors (Lipinski definition) is 4. The second-order valence-corrected chi connectivity index (χ2v) is 10.3. The monoisotopic (exact) mass is 698 g/mol. The average Bonchev–Trinajstić information content (AvgIpc) is 2.69. The van der Waals surface area contributed by atoms with Gasteiger partial charge < -0.3 is 10.2 Å². The van der Waals surface area contributed by atoms with Crippen LogP contribution in [0.5, 0.6) is 11.5 Å². The first-order valence-corrected chi connectivity index (χ1v) is 12.6. The number of phenolic OH excluding ortho intramolecular Hbond substituents is 2. The van der Waals surface area contributed by atoms with Gasteiger partial charge in [-0.3, -0.25) is 9.59 Å². The molecule has 0 heterocycles. The summed E-state index contributed by atoms with van der Waals surface area (Å²) in [6.07, 6.45) is 2.62. The maximum atomic E-state index is 11.8. The van der Waals surface area contributed by atoms with E-state index in [1.165, 1.54) is 12.4 Å². The number of carbonyl (C=O) groups excluding carboxylic acids is 2. The van der Waals surface area contributed by atoms with Crippen molar-refractivity contribution in [1.82, 2.24) is 10.9 Å². The van der Waals surface area contributed by atoms with Gasteiger partial charge >= 0.3 is 0 Å². The molecule has 0 fully saturated rings. The maximum absolute atomic E-state index is 11.8. The molecule has 164 valence electrons. The van der Waals surface area contributed by atoms with Gasteiger partial charge in [0.15, 0.2) is 0 Å². The number of nitrogens with zero attached hydrogens (tertiary/aromatic N) is 2. The zero-order valence-electron chi connectivity index (χ0n) is 15.4. The quantitative estimate of drug-likeness (QED) is 0.239. The molecule has 2 amide bonds. The van der Waals surface area contributed by atoms with Gasteiger partial charge in [-0.05, 0) is 56.1 Å². The molecule has 2 aromatic carbocycles. The van der Waals surface area contributed by atoms with Gasteiger partial charge in [-0.25, -0.2) is 10.9 Å². The third kappa shape index (κ3) is 8.56. The summed E-state index contributed by atoms with van der Waals surface area (Å²) in [6, 6.07) is 6.64. The van der Waals surface area contributed by atoms with Crippen molar-refractivity contribution in [2.75, 3.05) is 11.5 Å². The summed E-state index contributed by atoms with van der Waals surface area (Å²) >= 11 is 14.1. The van der Waals surface area contributed by atoms with Gasteiger partial charge in [0.2, 0.25) is 11.8 Å². The Labute approximate surface area is 215 Å². The predicted molar refractivity (Wildman–Crippen MR) is 136 cm³/mol. The highest BCUT2D eigenvalue weighted by Gasteiger charge is 2.08. The van der Waals surface area contributed by atoms with Crippen molar-refractivity contribution in [1.29, 1.82) is 0 Å². The molecule has 2 rings (SSSR count).